The number of nitrogens with zero attached hydrogens (tertiary/aromatic N) is 3. The number of hydrogen-bond acceptors (Lipinski definition) is 8. The minimum Gasteiger partial charge on any atom is -0.491 e. The van der Waals surface area contributed by atoms with Gasteiger partial charge in [-0.25, -0.2) is 9.97 Å². The third kappa shape index (κ3) is 6.34. The summed E-state index contributed by atoms with van der Waals surface area (Å²) in [6, 6.07) is 16.2. The summed E-state index contributed by atoms with van der Waals surface area (Å²) in [5.74, 6) is 1.17. The van der Waals surface area contributed by atoms with E-state index in [0.717, 1.165) is 5.69 Å². The molecule has 10 heteroatoms. The minimum atomic E-state index is -0.573. The van der Waals surface area contributed by atoms with Crippen molar-refractivity contribution >= 4 is 39.9 Å². The van der Waals surface area contributed by atoms with Crippen LogP contribution in [0.15, 0.2) is 67.1 Å². The first-order chi connectivity index (χ1) is 17.0. The molecule has 0 aliphatic rings. The van der Waals surface area contributed by atoms with Gasteiger partial charge in [-0.1, -0.05) is 23.7 Å². The molecule has 35 heavy (non-hydrogen) atoms. The molecule has 0 fully saturated rings. The van der Waals surface area contributed by atoms with E-state index in [4.69, 9.17) is 26.2 Å². The second-order valence-electron chi connectivity index (χ2n) is 7.69. The number of hydrogen-bond donors (Lipinski definition) is 3. The van der Waals surface area contributed by atoms with Crippen LogP contribution in [0.2, 0.25) is 5.02 Å². The predicted molar refractivity (Wildman–Crippen MR) is 133 cm³/mol. The summed E-state index contributed by atoms with van der Waals surface area (Å²) in [6.07, 6.45) is 3.17. The van der Waals surface area contributed by atoms with Crippen LogP contribution in [0.4, 0.5) is 11.5 Å². The first-order valence-electron chi connectivity index (χ1n) is 10.9. The van der Waals surface area contributed by atoms with Gasteiger partial charge in [0.05, 0.1) is 27.7 Å². The molecule has 2 heterocycles. The summed E-state index contributed by atoms with van der Waals surface area (Å²) in [5, 5.41) is 15.9. The molecule has 4 aromatic rings. The number of halogens is 1. The molecule has 0 saturated carbocycles. The van der Waals surface area contributed by atoms with E-state index in [2.05, 4.69) is 25.6 Å². The number of carbonyl (C=O) groups excluding carboxylic acids is 1. The first kappa shape index (κ1) is 24.2. The Morgan fingerprint density at radius 3 is 2.71 bits per heavy atom. The Kier molecular flexibility index (Phi) is 7.92. The van der Waals surface area contributed by atoms with Crippen molar-refractivity contribution in [3.8, 4) is 11.5 Å². The number of ether oxygens (including phenoxy) is 2. The first-order valence-corrected chi connectivity index (χ1v) is 11.3. The van der Waals surface area contributed by atoms with Gasteiger partial charge in [-0.3, -0.25) is 9.78 Å². The molecular formula is C25H24ClN5O4. The van der Waals surface area contributed by atoms with Crippen LogP contribution in [0.3, 0.4) is 0 Å². The molecule has 1 atom stereocenters. The lowest BCUT2D eigenvalue weighted by Gasteiger charge is -2.17. The highest BCUT2D eigenvalue weighted by atomic mass is 35.5. The average molecular weight is 494 g/mol. The average Bonchev–Trinajstić information content (AvgIpc) is 2.87. The lowest BCUT2D eigenvalue weighted by atomic mass is 10.2. The number of rotatable bonds is 10. The van der Waals surface area contributed by atoms with E-state index in [1.165, 1.54) is 6.33 Å². The molecule has 180 valence electrons. The third-order valence-electron chi connectivity index (χ3n) is 4.96. The van der Waals surface area contributed by atoms with Crippen LogP contribution in [-0.4, -0.2) is 45.2 Å². The number of aromatic nitrogens is 3. The van der Waals surface area contributed by atoms with E-state index < -0.39 is 12.5 Å². The van der Waals surface area contributed by atoms with Gasteiger partial charge in [-0.15, -0.1) is 0 Å². The molecule has 0 spiro atoms. The van der Waals surface area contributed by atoms with Crippen LogP contribution in [0.25, 0.3) is 10.9 Å². The van der Waals surface area contributed by atoms with Gasteiger partial charge in [0.15, 0.2) is 0 Å². The Labute approximate surface area is 207 Å². The van der Waals surface area contributed by atoms with Crippen molar-refractivity contribution in [2.24, 2.45) is 0 Å². The van der Waals surface area contributed by atoms with Gasteiger partial charge >= 0.3 is 0 Å². The summed E-state index contributed by atoms with van der Waals surface area (Å²) in [6.45, 7) is 1.72. The lowest BCUT2D eigenvalue weighted by Crippen LogP contribution is -2.38. The standard InChI is InChI=1S/C25H24ClN5O4/c1-16(30-23(33)12-32)13-34-22-7-4-6-20-24(22)25(29-15-28-20)31-17-8-9-21(19(26)11-17)35-14-18-5-2-3-10-27-18/h2-11,15-16,32H,12-14H2,1H3,(H,30,33)(H,28,29,31). The van der Waals surface area contributed by atoms with Crippen molar-refractivity contribution in [2.75, 3.05) is 18.5 Å². The molecule has 2 aromatic carbocycles. The van der Waals surface area contributed by atoms with Crippen LogP contribution in [0.5, 0.6) is 11.5 Å². The summed E-state index contributed by atoms with van der Waals surface area (Å²) in [4.78, 5) is 24.4. The largest absolute Gasteiger partial charge is 0.491 e. The van der Waals surface area contributed by atoms with Crippen molar-refractivity contribution in [2.45, 2.75) is 19.6 Å². The molecule has 9 nitrogen and oxygen atoms in total. The summed E-state index contributed by atoms with van der Waals surface area (Å²) < 4.78 is 11.7. The van der Waals surface area contributed by atoms with Gasteiger partial charge in [-0.05, 0) is 49.4 Å². The van der Waals surface area contributed by atoms with Gasteiger partial charge < -0.3 is 25.2 Å². The van der Waals surface area contributed by atoms with Gasteiger partial charge in [0.25, 0.3) is 0 Å². The topological polar surface area (TPSA) is 118 Å². The summed E-state index contributed by atoms with van der Waals surface area (Å²) >= 11 is 6.45. The fourth-order valence-electron chi connectivity index (χ4n) is 3.34. The number of anilines is 2. The highest BCUT2D eigenvalue weighted by Gasteiger charge is 2.14. The third-order valence-corrected chi connectivity index (χ3v) is 5.26. The molecule has 4 rings (SSSR count). The summed E-state index contributed by atoms with van der Waals surface area (Å²) in [5.41, 5.74) is 2.20. The normalized spacial score (nSPS) is 11.6. The number of fused-ring (bicyclic) bond motifs is 1. The Bertz CT molecular complexity index is 1300. The van der Waals surface area contributed by atoms with Crippen molar-refractivity contribution in [3.63, 3.8) is 0 Å². The zero-order valence-electron chi connectivity index (χ0n) is 18.9. The van der Waals surface area contributed by atoms with Crippen LogP contribution in [0, 0.1) is 0 Å². The fraction of sp³-hybridized carbons (Fsp3) is 0.200. The molecule has 0 aliphatic carbocycles. The number of nitrogens with one attached hydrogen (secondary N) is 2. The minimum absolute atomic E-state index is 0.202. The molecule has 2 aromatic heterocycles. The van der Waals surface area contributed by atoms with Crippen LogP contribution in [0.1, 0.15) is 12.6 Å². The molecule has 0 saturated heterocycles. The molecular weight excluding hydrogens is 470 g/mol. The van der Waals surface area contributed by atoms with Gasteiger partial charge in [0.1, 0.15) is 43.5 Å². The number of carbonyl (C=O) groups is 1. The van der Waals surface area contributed by atoms with Crippen LogP contribution >= 0.6 is 11.6 Å². The Morgan fingerprint density at radius 1 is 1.06 bits per heavy atom. The van der Waals surface area contributed by atoms with Crippen LogP contribution in [-0.2, 0) is 11.4 Å². The highest BCUT2D eigenvalue weighted by molar-refractivity contribution is 6.32. The SMILES string of the molecule is CC(COc1cccc2ncnc(Nc3ccc(OCc4ccccn4)c(Cl)c3)c12)NC(=O)CO. The zero-order chi connectivity index (χ0) is 24.6. The second kappa shape index (κ2) is 11.5. The maximum atomic E-state index is 11.4. The van der Waals surface area contributed by atoms with E-state index in [1.807, 2.05) is 36.4 Å². The van der Waals surface area contributed by atoms with E-state index in [9.17, 15) is 4.79 Å². The smallest absolute Gasteiger partial charge is 0.246 e. The molecule has 1 unspecified atom stereocenters. The number of aliphatic hydroxyl groups excluding tert-OH is 1. The van der Waals surface area contributed by atoms with E-state index in [-0.39, 0.29) is 12.6 Å². The number of benzene rings is 2. The van der Waals surface area contributed by atoms with E-state index in [1.54, 1.807) is 31.3 Å². The van der Waals surface area contributed by atoms with E-state index >= 15 is 0 Å². The van der Waals surface area contributed by atoms with Gasteiger partial charge in [0, 0.05) is 11.9 Å². The molecule has 3 N–H and O–H groups in total. The van der Waals surface area contributed by atoms with Crippen molar-refractivity contribution in [1.29, 1.82) is 0 Å². The van der Waals surface area contributed by atoms with Gasteiger partial charge in [0.2, 0.25) is 5.91 Å². The van der Waals surface area contributed by atoms with Crippen LogP contribution < -0.4 is 20.1 Å². The highest BCUT2D eigenvalue weighted by Crippen LogP contribution is 2.34. The maximum Gasteiger partial charge on any atom is 0.246 e. The maximum absolute atomic E-state index is 11.4. The zero-order valence-corrected chi connectivity index (χ0v) is 19.7. The molecule has 0 aliphatic heterocycles. The lowest BCUT2D eigenvalue weighted by molar-refractivity contribution is -0.124. The van der Waals surface area contributed by atoms with Crippen molar-refractivity contribution in [3.05, 3.63) is 77.8 Å². The van der Waals surface area contributed by atoms with Crippen molar-refractivity contribution < 1.29 is 19.4 Å². The number of amides is 1. The van der Waals surface area contributed by atoms with Gasteiger partial charge in [-0.2, -0.15) is 0 Å². The Morgan fingerprint density at radius 2 is 1.94 bits per heavy atom. The second-order valence-corrected chi connectivity index (χ2v) is 8.10. The van der Waals surface area contributed by atoms with Crippen molar-refractivity contribution in [1.82, 2.24) is 20.3 Å². The molecule has 0 bridgehead atoms. The number of aliphatic hydroxyl groups is 1. The Balaban J connectivity index is 1.50. The molecule has 1 amide bonds. The monoisotopic (exact) mass is 493 g/mol. The summed E-state index contributed by atoms with van der Waals surface area (Å²) in [7, 11) is 0. The predicted octanol–water partition coefficient (Wildman–Crippen LogP) is 3.88. The number of pyridine rings is 1. The van der Waals surface area contributed by atoms with E-state index in [0.29, 0.717) is 45.5 Å². The quantitative estimate of drug-likeness (QED) is 0.304. The molecule has 0 radical (unpaired) electrons. The fourth-order valence-corrected chi connectivity index (χ4v) is 3.57. The Hall–Kier alpha value is -3.95.